The van der Waals surface area contributed by atoms with E-state index in [1.54, 1.807) is 0 Å². The van der Waals surface area contributed by atoms with E-state index in [-0.39, 0.29) is 5.41 Å². The van der Waals surface area contributed by atoms with Crippen LogP contribution in [-0.4, -0.2) is 36.8 Å². The molecule has 1 aliphatic carbocycles. The highest BCUT2D eigenvalue weighted by Gasteiger charge is 2.30. The highest BCUT2D eigenvalue weighted by atomic mass is 32.2. The largest absolute Gasteiger partial charge is 0.396 e. The molecule has 1 aliphatic rings. The molecule has 0 heterocycles. The molecule has 0 atom stereocenters. The molecule has 2 nitrogen and oxygen atoms in total. The number of nitrogens with one attached hydrogen (secondary N) is 1. The van der Waals surface area contributed by atoms with Gasteiger partial charge in [0, 0.05) is 18.6 Å². The summed E-state index contributed by atoms with van der Waals surface area (Å²) in [4.78, 5) is 0. The summed E-state index contributed by atoms with van der Waals surface area (Å²) in [6, 6.07) is 0. The van der Waals surface area contributed by atoms with Crippen molar-refractivity contribution in [3.8, 4) is 0 Å². The topological polar surface area (TPSA) is 32.3 Å². The van der Waals surface area contributed by atoms with Gasteiger partial charge in [0.15, 0.2) is 0 Å². The summed E-state index contributed by atoms with van der Waals surface area (Å²) >= 11 is 1.92. The molecule has 96 valence electrons. The maximum Gasteiger partial charge on any atom is 0.0499 e. The first kappa shape index (κ1) is 14.3. The van der Waals surface area contributed by atoms with Gasteiger partial charge in [-0.15, -0.1) is 0 Å². The third-order valence-corrected chi connectivity index (χ3v) is 4.40. The normalized spacial score (nSPS) is 19.9. The first-order chi connectivity index (χ1) is 7.83. The van der Waals surface area contributed by atoms with Crippen LogP contribution in [0, 0.1) is 5.41 Å². The van der Waals surface area contributed by atoms with Gasteiger partial charge in [0.1, 0.15) is 0 Å². The second kappa shape index (κ2) is 8.37. The van der Waals surface area contributed by atoms with Crippen molar-refractivity contribution in [1.29, 1.82) is 0 Å². The number of hydrogen-bond donors (Lipinski definition) is 2. The molecule has 1 rings (SSSR count). The van der Waals surface area contributed by atoms with Crippen molar-refractivity contribution in [2.45, 2.75) is 44.9 Å². The van der Waals surface area contributed by atoms with Gasteiger partial charge in [0.2, 0.25) is 0 Å². The predicted molar refractivity (Wildman–Crippen MR) is 73.1 cm³/mol. The molecule has 0 amide bonds. The summed E-state index contributed by atoms with van der Waals surface area (Å²) < 4.78 is 0. The van der Waals surface area contributed by atoms with E-state index >= 15 is 0 Å². The lowest BCUT2D eigenvalue weighted by atomic mass is 9.74. The molecule has 1 fully saturated rings. The van der Waals surface area contributed by atoms with Crippen LogP contribution in [0.5, 0.6) is 0 Å². The summed E-state index contributed by atoms with van der Waals surface area (Å²) in [6.45, 7) is 2.50. The molecule has 3 heteroatoms. The van der Waals surface area contributed by atoms with Crippen LogP contribution < -0.4 is 5.32 Å². The minimum atomic E-state index is 0.206. The fourth-order valence-electron chi connectivity index (χ4n) is 2.54. The maximum absolute atomic E-state index is 9.54. The van der Waals surface area contributed by atoms with Crippen LogP contribution >= 0.6 is 11.8 Å². The Labute approximate surface area is 105 Å². The molecule has 0 spiro atoms. The molecule has 1 saturated carbocycles. The van der Waals surface area contributed by atoms with Crippen LogP contribution in [0.3, 0.4) is 0 Å². The third-order valence-electron chi connectivity index (χ3n) is 3.70. The van der Waals surface area contributed by atoms with Gasteiger partial charge in [-0.1, -0.05) is 19.3 Å². The van der Waals surface area contributed by atoms with Gasteiger partial charge in [0.05, 0.1) is 0 Å². The lowest BCUT2D eigenvalue weighted by Crippen LogP contribution is -2.39. The Kier molecular flexibility index (Phi) is 7.50. The highest BCUT2D eigenvalue weighted by Crippen LogP contribution is 2.35. The SMILES string of the molecule is CSCCCCNCC1(CO)CCCCC1. The summed E-state index contributed by atoms with van der Waals surface area (Å²) in [5.41, 5.74) is 0.206. The molecular formula is C13H27NOS. The Hall–Kier alpha value is 0.270. The highest BCUT2D eigenvalue weighted by molar-refractivity contribution is 7.98. The smallest absolute Gasteiger partial charge is 0.0499 e. The summed E-state index contributed by atoms with van der Waals surface area (Å²) in [6.07, 6.45) is 11.1. The number of hydrogen-bond acceptors (Lipinski definition) is 3. The minimum Gasteiger partial charge on any atom is -0.396 e. The zero-order valence-corrected chi connectivity index (χ0v) is 11.5. The lowest BCUT2D eigenvalue weighted by Gasteiger charge is -2.35. The second-order valence-electron chi connectivity index (χ2n) is 5.10. The fourth-order valence-corrected chi connectivity index (χ4v) is 3.04. The van der Waals surface area contributed by atoms with Crippen molar-refractivity contribution in [2.75, 3.05) is 31.7 Å². The van der Waals surface area contributed by atoms with Crippen LogP contribution in [0.1, 0.15) is 44.9 Å². The Morgan fingerprint density at radius 3 is 2.56 bits per heavy atom. The number of unbranched alkanes of at least 4 members (excludes halogenated alkanes) is 1. The molecule has 0 bridgehead atoms. The zero-order chi connectivity index (χ0) is 11.7. The third kappa shape index (κ3) is 5.07. The first-order valence-electron chi connectivity index (χ1n) is 6.63. The average molecular weight is 245 g/mol. The van der Waals surface area contributed by atoms with E-state index in [1.807, 2.05) is 11.8 Å². The molecule has 0 saturated heterocycles. The number of thioether (sulfide) groups is 1. The minimum absolute atomic E-state index is 0.206. The summed E-state index contributed by atoms with van der Waals surface area (Å²) in [5, 5.41) is 13.1. The van der Waals surface area contributed by atoms with E-state index in [0.29, 0.717) is 6.61 Å². The fraction of sp³-hybridized carbons (Fsp3) is 1.00. The van der Waals surface area contributed by atoms with E-state index in [4.69, 9.17) is 0 Å². The lowest BCUT2D eigenvalue weighted by molar-refractivity contribution is 0.0815. The van der Waals surface area contributed by atoms with Gasteiger partial charge >= 0.3 is 0 Å². The van der Waals surface area contributed by atoms with E-state index < -0.39 is 0 Å². The molecule has 0 radical (unpaired) electrons. The Balaban J connectivity index is 2.08. The monoisotopic (exact) mass is 245 g/mol. The molecule has 0 aromatic carbocycles. The molecule has 0 aromatic heterocycles. The van der Waals surface area contributed by atoms with Gasteiger partial charge in [-0.05, 0) is 44.2 Å². The van der Waals surface area contributed by atoms with Crippen molar-refractivity contribution < 1.29 is 5.11 Å². The van der Waals surface area contributed by atoms with Crippen LogP contribution in [0.25, 0.3) is 0 Å². The zero-order valence-electron chi connectivity index (χ0n) is 10.6. The van der Waals surface area contributed by atoms with Gasteiger partial charge in [-0.25, -0.2) is 0 Å². The van der Waals surface area contributed by atoms with E-state index in [0.717, 1.165) is 13.1 Å². The van der Waals surface area contributed by atoms with Gasteiger partial charge in [-0.2, -0.15) is 11.8 Å². The van der Waals surface area contributed by atoms with Crippen molar-refractivity contribution in [3.63, 3.8) is 0 Å². The van der Waals surface area contributed by atoms with Crippen LogP contribution in [-0.2, 0) is 0 Å². The van der Waals surface area contributed by atoms with E-state index in [9.17, 15) is 5.11 Å². The molecule has 2 N–H and O–H groups in total. The van der Waals surface area contributed by atoms with Crippen LogP contribution in [0.2, 0.25) is 0 Å². The molecule has 0 aromatic rings. The Bertz CT molecular complexity index is 169. The van der Waals surface area contributed by atoms with E-state index in [1.165, 1.54) is 50.7 Å². The molecule has 0 aliphatic heterocycles. The van der Waals surface area contributed by atoms with Crippen LogP contribution in [0.15, 0.2) is 0 Å². The van der Waals surface area contributed by atoms with Crippen molar-refractivity contribution in [1.82, 2.24) is 5.32 Å². The van der Waals surface area contributed by atoms with Gasteiger partial charge in [-0.3, -0.25) is 0 Å². The first-order valence-corrected chi connectivity index (χ1v) is 8.03. The van der Waals surface area contributed by atoms with Crippen LogP contribution in [0.4, 0.5) is 0 Å². The number of rotatable bonds is 8. The van der Waals surface area contributed by atoms with Crippen molar-refractivity contribution in [2.24, 2.45) is 5.41 Å². The number of aliphatic hydroxyl groups is 1. The summed E-state index contributed by atoms with van der Waals surface area (Å²) in [7, 11) is 0. The van der Waals surface area contributed by atoms with E-state index in [2.05, 4.69) is 11.6 Å². The molecule has 16 heavy (non-hydrogen) atoms. The average Bonchev–Trinajstić information content (AvgIpc) is 2.35. The standard InChI is InChI=1S/C13H27NOS/c1-16-10-6-5-9-14-11-13(12-15)7-3-2-4-8-13/h14-15H,2-12H2,1H3. The quantitative estimate of drug-likeness (QED) is 0.645. The van der Waals surface area contributed by atoms with Crippen molar-refractivity contribution in [3.05, 3.63) is 0 Å². The second-order valence-corrected chi connectivity index (χ2v) is 6.08. The molecule has 0 unspecified atom stereocenters. The number of aliphatic hydroxyl groups excluding tert-OH is 1. The van der Waals surface area contributed by atoms with Crippen molar-refractivity contribution >= 4 is 11.8 Å². The molecular weight excluding hydrogens is 218 g/mol. The summed E-state index contributed by atoms with van der Waals surface area (Å²) in [5.74, 6) is 1.27. The van der Waals surface area contributed by atoms with Gasteiger partial charge in [0.25, 0.3) is 0 Å². The Morgan fingerprint density at radius 1 is 1.19 bits per heavy atom. The maximum atomic E-state index is 9.54. The van der Waals surface area contributed by atoms with Gasteiger partial charge < -0.3 is 10.4 Å². The Morgan fingerprint density at radius 2 is 1.94 bits per heavy atom. The predicted octanol–water partition coefficient (Wildman–Crippen LogP) is 2.66.